The Morgan fingerprint density at radius 1 is 1.28 bits per heavy atom. The molecule has 0 amide bonds. The van der Waals surface area contributed by atoms with Crippen LogP contribution in [-0.4, -0.2) is 12.8 Å². The van der Waals surface area contributed by atoms with Crippen LogP contribution >= 0.6 is 0 Å². The van der Waals surface area contributed by atoms with Crippen LogP contribution in [0.4, 0.5) is 0 Å². The SMILES string of the molecule is CC(NCc1cccc2c1OCO2)C1CCCC1. The molecule has 1 aromatic carbocycles. The molecule has 98 valence electrons. The van der Waals surface area contributed by atoms with Gasteiger partial charge in [0.15, 0.2) is 11.5 Å². The summed E-state index contributed by atoms with van der Waals surface area (Å²) in [6.07, 6.45) is 5.55. The van der Waals surface area contributed by atoms with Crippen molar-refractivity contribution in [2.75, 3.05) is 6.79 Å². The van der Waals surface area contributed by atoms with Crippen molar-refractivity contribution >= 4 is 0 Å². The minimum Gasteiger partial charge on any atom is -0.454 e. The molecule has 3 heteroatoms. The van der Waals surface area contributed by atoms with Crippen LogP contribution in [0.5, 0.6) is 11.5 Å². The fourth-order valence-corrected chi connectivity index (χ4v) is 3.02. The maximum Gasteiger partial charge on any atom is 0.231 e. The average Bonchev–Trinajstić information content (AvgIpc) is 3.05. The summed E-state index contributed by atoms with van der Waals surface area (Å²) in [5.74, 6) is 2.64. The third-order valence-electron chi connectivity index (χ3n) is 4.20. The van der Waals surface area contributed by atoms with Crippen LogP contribution in [0.25, 0.3) is 0 Å². The molecule has 0 radical (unpaired) electrons. The molecule has 1 N–H and O–H groups in total. The number of hydrogen-bond donors (Lipinski definition) is 1. The molecule has 2 aliphatic rings. The van der Waals surface area contributed by atoms with Gasteiger partial charge in [0.05, 0.1) is 0 Å². The van der Waals surface area contributed by atoms with E-state index in [0.29, 0.717) is 12.8 Å². The number of ether oxygens (including phenoxy) is 2. The Hall–Kier alpha value is -1.22. The van der Waals surface area contributed by atoms with Crippen LogP contribution in [0.15, 0.2) is 18.2 Å². The molecule has 1 atom stereocenters. The van der Waals surface area contributed by atoms with Gasteiger partial charge in [-0.1, -0.05) is 25.0 Å². The van der Waals surface area contributed by atoms with Crippen molar-refractivity contribution in [2.24, 2.45) is 5.92 Å². The topological polar surface area (TPSA) is 30.5 Å². The number of para-hydroxylation sites is 1. The first kappa shape index (κ1) is 11.8. The van der Waals surface area contributed by atoms with Crippen LogP contribution in [0.1, 0.15) is 38.2 Å². The van der Waals surface area contributed by atoms with Crippen molar-refractivity contribution in [3.05, 3.63) is 23.8 Å². The van der Waals surface area contributed by atoms with E-state index in [2.05, 4.69) is 18.3 Å². The highest BCUT2D eigenvalue weighted by molar-refractivity contribution is 5.48. The molecule has 1 heterocycles. The fourth-order valence-electron chi connectivity index (χ4n) is 3.02. The van der Waals surface area contributed by atoms with Gasteiger partial charge in [0.1, 0.15) is 0 Å². The van der Waals surface area contributed by atoms with Crippen LogP contribution in [-0.2, 0) is 6.54 Å². The third-order valence-corrected chi connectivity index (χ3v) is 4.20. The summed E-state index contributed by atoms with van der Waals surface area (Å²) < 4.78 is 10.9. The first-order valence-corrected chi connectivity index (χ1v) is 6.95. The molecule has 1 aromatic rings. The maximum atomic E-state index is 5.53. The summed E-state index contributed by atoms with van der Waals surface area (Å²) >= 11 is 0. The standard InChI is InChI=1S/C15H21NO2/c1-11(12-5-2-3-6-12)16-9-13-7-4-8-14-15(13)18-10-17-14/h4,7-8,11-12,16H,2-3,5-6,9-10H2,1H3. The van der Waals surface area contributed by atoms with Crippen molar-refractivity contribution in [3.8, 4) is 11.5 Å². The Morgan fingerprint density at radius 3 is 2.94 bits per heavy atom. The molecule has 3 rings (SSSR count). The van der Waals surface area contributed by atoms with Crippen molar-refractivity contribution in [3.63, 3.8) is 0 Å². The van der Waals surface area contributed by atoms with Crippen LogP contribution < -0.4 is 14.8 Å². The van der Waals surface area contributed by atoms with Crippen molar-refractivity contribution in [1.82, 2.24) is 5.32 Å². The molecular formula is C15H21NO2. The van der Waals surface area contributed by atoms with E-state index in [1.165, 1.54) is 31.2 Å². The van der Waals surface area contributed by atoms with E-state index in [9.17, 15) is 0 Å². The minimum absolute atomic E-state index is 0.352. The second-order valence-corrected chi connectivity index (χ2v) is 5.37. The Morgan fingerprint density at radius 2 is 2.11 bits per heavy atom. The Balaban J connectivity index is 1.61. The maximum absolute atomic E-state index is 5.53. The first-order valence-electron chi connectivity index (χ1n) is 6.95. The van der Waals surface area contributed by atoms with Gasteiger partial charge >= 0.3 is 0 Å². The van der Waals surface area contributed by atoms with Crippen LogP contribution in [0.2, 0.25) is 0 Å². The molecule has 18 heavy (non-hydrogen) atoms. The smallest absolute Gasteiger partial charge is 0.231 e. The van der Waals surface area contributed by atoms with E-state index in [1.807, 2.05) is 12.1 Å². The van der Waals surface area contributed by atoms with Gasteiger partial charge < -0.3 is 14.8 Å². The molecular weight excluding hydrogens is 226 g/mol. The zero-order chi connectivity index (χ0) is 12.4. The number of rotatable bonds is 4. The molecule has 0 spiro atoms. The Bertz CT molecular complexity index is 413. The normalized spacial score (nSPS) is 20.3. The van der Waals surface area contributed by atoms with E-state index in [0.717, 1.165) is 24.0 Å². The number of benzene rings is 1. The molecule has 1 aliphatic heterocycles. The van der Waals surface area contributed by atoms with E-state index < -0.39 is 0 Å². The van der Waals surface area contributed by atoms with Gasteiger partial charge in [-0.25, -0.2) is 0 Å². The molecule has 1 aliphatic carbocycles. The van der Waals surface area contributed by atoms with Crippen molar-refractivity contribution in [1.29, 1.82) is 0 Å². The van der Waals surface area contributed by atoms with Gasteiger partial charge in [0, 0.05) is 18.2 Å². The predicted octanol–water partition coefficient (Wildman–Crippen LogP) is 3.08. The van der Waals surface area contributed by atoms with Crippen molar-refractivity contribution < 1.29 is 9.47 Å². The molecule has 1 fully saturated rings. The lowest BCUT2D eigenvalue weighted by Crippen LogP contribution is -2.31. The monoisotopic (exact) mass is 247 g/mol. The lowest BCUT2D eigenvalue weighted by Gasteiger charge is -2.20. The van der Waals surface area contributed by atoms with E-state index >= 15 is 0 Å². The second kappa shape index (κ2) is 5.19. The summed E-state index contributed by atoms with van der Waals surface area (Å²) in [5.41, 5.74) is 1.20. The number of nitrogens with one attached hydrogen (secondary N) is 1. The summed E-state index contributed by atoms with van der Waals surface area (Å²) in [4.78, 5) is 0. The summed E-state index contributed by atoms with van der Waals surface area (Å²) in [6, 6.07) is 6.70. The Labute approximate surface area is 108 Å². The van der Waals surface area contributed by atoms with Gasteiger partial charge in [-0.2, -0.15) is 0 Å². The highest BCUT2D eigenvalue weighted by atomic mass is 16.7. The molecule has 3 nitrogen and oxygen atoms in total. The summed E-state index contributed by atoms with van der Waals surface area (Å²) in [6.45, 7) is 3.52. The molecule has 0 saturated heterocycles. The Kier molecular flexibility index (Phi) is 3.41. The van der Waals surface area contributed by atoms with Crippen LogP contribution in [0.3, 0.4) is 0 Å². The summed E-state index contributed by atoms with van der Waals surface area (Å²) in [5, 5.41) is 3.64. The highest BCUT2D eigenvalue weighted by Gasteiger charge is 2.22. The zero-order valence-electron chi connectivity index (χ0n) is 10.9. The second-order valence-electron chi connectivity index (χ2n) is 5.37. The quantitative estimate of drug-likeness (QED) is 0.887. The lowest BCUT2D eigenvalue weighted by atomic mass is 9.99. The van der Waals surface area contributed by atoms with Gasteiger partial charge in [-0.3, -0.25) is 0 Å². The lowest BCUT2D eigenvalue weighted by molar-refractivity contribution is 0.173. The average molecular weight is 247 g/mol. The predicted molar refractivity (Wildman–Crippen MR) is 70.8 cm³/mol. The number of fused-ring (bicyclic) bond motifs is 1. The van der Waals surface area contributed by atoms with Gasteiger partial charge in [0.25, 0.3) is 0 Å². The van der Waals surface area contributed by atoms with Gasteiger partial charge in [-0.05, 0) is 31.7 Å². The fraction of sp³-hybridized carbons (Fsp3) is 0.600. The van der Waals surface area contributed by atoms with Crippen LogP contribution in [0, 0.1) is 5.92 Å². The number of hydrogen-bond acceptors (Lipinski definition) is 3. The van der Waals surface area contributed by atoms with Gasteiger partial charge in [0.2, 0.25) is 6.79 Å². The molecule has 1 saturated carbocycles. The molecule has 1 unspecified atom stereocenters. The molecule has 0 bridgehead atoms. The van der Waals surface area contributed by atoms with Crippen molar-refractivity contribution in [2.45, 2.75) is 45.2 Å². The summed E-state index contributed by atoms with van der Waals surface area (Å²) in [7, 11) is 0. The van der Waals surface area contributed by atoms with E-state index in [1.54, 1.807) is 0 Å². The van der Waals surface area contributed by atoms with E-state index in [4.69, 9.17) is 9.47 Å². The largest absolute Gasteiger partial charge is 0.454 e. The highest BCUT2D eigenvalue weighted by Crippen LogP contribution is 2.35. The third kappa shape index (κ3) is 2.32. The first-order chi connectivity index (χ1) is 8.84. The molecule has 0 aromatic heterocycles. The minimum atomic E-state index is 0.352. The van der Waals surface area contributed by atoms with E-state index in [-0.39, 0.29) is 0 Å². The van der Waals surface area contributed by atoms with Gasteiger partial charge in [-0.15, -0.1) is 0 Å². The zero-order valence-corrected chi connectivity index (χ0v) is 10.9.